The SMILES string of the molecule is Cc1cc(C(c2ccccc2)c2ccccc2)c(N2CCN(Cc3ccccc3)C2)c(C(c2ccccc2)c2ccccc2)c1. The van der Waals surface area contributed by atoms with Crippen LogP contribution in [0.3, 0.4) is 0 Å². The molecule has 1 heterocycles. The first-order valence-electron chi connectivity index (χ1n) is 16.1. The second-order valence-electron chi connectivity index (χ2n) is 12.2. The molecular weight excluding hydrogens is 544 g/mol. The lowest BCUT2D eigenvalue weighted by molar-refractivity contribution is 0.334. The molecule has 1 saturated heterocycles. The van der Waals surface area contributed by atoms with Crippen molar-refractivity contribution < 1.29 is 0 Å². The Balaban J connectivity index is 1.44. The number of hydrogen-bond donors (Lipinski definition) is 0. The molecule has 1 fully saturated rings. The summed E-state index contributed by atoms with van der Waals surface area (Å²) in [6.45, 7) is 6.13. The van der Waals surface area contributed by atoms with E-state index in [1.54, 1.807) is 0 Å². The highest BCUT2D eigenvalue weighted by Crippen LogP contribution is 2.46. The molecule has 0 aromatic heterocycles. The predicted molar refractivity (Wildman–Crippen MR) is 188 cm³/mol. The van der Waals surface area contributed by atoms with Crippen molar-refractivity contribution in [1.29, 1.82) is 0 Å². The van der Waals surface area contributed by atoms with Gasteiger partial charge >= 0.3 is 0 Å². The van der Waals surface area contributed by atoms with Crippen LogP contribution in [0.2, 0.25) is 0 Å². The average molecular weight is 585 g/mol. The number of aryl methyl sites for hydroxylation is 1. The third-order valence-electron chi connectivity index (χ3n) is 9.09. The Labute approximate surface area is 268 Å². The van der Waals surface area contributed by atoms with Gasteiger partial charge in [-0.05, 0) is 45.9 Å². The summed E-state index contributed by atoms with van der Waals surface area (Å²) in [5.41, 5.74) is 12.0. The van der Waals surface area contributed by atoms with Crippen molar-refractivity contribution in [2.24, 2.45) is 0 Å². The molecule has 0 N–H and O–H groups in total. The van der Waals surface area contributed by atoms with Gasteiger partial charge in [0.25, 0.3) is 0 Å². The third kappa shape index (κ3) is 6.34. The second-order valence-corrected chi connectivity index (χ2v) is 12.2. The van der Waals surface area contributed by atoms with Crippen molar-refractivity contribution in [3.05, 3.63) is 208 Å². The Bertz CT molecular complexity index is 1620. The molecule has 1 aliphatic rings. The molecule has 0 amide bonds. The summed E-state index contributed by atoms with van der Waals surface area (Å²) >= 11 is 0. The number of nitrogens with zero attached hydrogens (tertiary/aromatic N) is 2. The lowest BCUT2D eigenvalue weighted by atomic mass is 9.78. The van der Waals surface area contributed by atoms with Crippen LogP contribution in [-0.2, 0) is 6.54 Å². The van der Waals surface area contributed by atoms with Crippen molar-refractivity contribution in [3.8, 4) is 0 Å². The molecule has 1 aliphatic heterocycles. The van der Waals surface area contributed by atoms with Gasteiger partial charge < -0.3 is 4.90 Å². The fourth-order valence-electron chi connectivity index (χ4n) is 7.12. The molecule has 7 rings (SSSR count). The molecule has 222 valence electrons. The summed E-state index contributed by atoms with van der Waals surface area (Å²) in [5, 5.41) is 0. The lowest BCUT2D eigenvalue weighted by Gasteiger charge is -2.33. The Kier molecular flexibility index (Phi) is 8.57. The van der Waals surface area contributed by atoms with Gasteiger partial charge in [0, 0.05) is 37.2 Å². The van der Waals surface area contributed by atoms with Crippen molar-refractivity contribution in [3.63, 3.8) is 0 Å². The first-order valence-corrected chi connectivity index (χ1v) is 16.1. The maximum absolute atomic E-state index is 2.66. The van der Waals surface area contributed by atoms with Crippen LogP contribution in [0, 0.1) is 6.92 Å². The first-order chi connectivity index (χ1) is 22.2. The highest BCUT2D eigenvalue weighted by atomic mass is 15.4. The monoisotopic (exact) mass is 584 g/mol. The molecule has 0 spiro atoms. The van der Waals surface area contributed by atoms with E-state index in [4.69, 9.17) is 0 Å². The van der Waals surface area contributed by atoms with Crippen LogP contribution in [0.5, 0.6) is 0 Å². The van der Waals surface area contributed by atoms with Crippen LogP contribution in [0.25, 0.3) is 0 Å². The molecule has 0 unspecified atom stereocenters. The van der Waals surface area contributed by atoms with Crippen molar-refractivity contribution >= 4 is 5.69 Å². The fraction of sp³-hybridized carbons (Fsp3) is 0.163. The van der Waals surface area contributed by atoms with Crippen molar-refractivity contribution in [1.82, 2.24) is 4.90 Å². The lowest BCUT2D eigenvalue weighted by Crippen LogP contribution is -2.28. The minimum atomic E-state index is 0.108. The number of hydrogen-bond acceptors (Lipinski definition) is 2. The molecule has 0 saturated carbocycles. The molecule has 6 aromatic carbocycles. The van der Waals surface area contributed by atoms with Crippen molar-refractivity contribution in [2.45, 2.75) is 25.3 Å². The summed E-state index contributed by atoms with van der Waals surface area (Å²) in [7, 11) is 0. The maximum atomic E-state index is 2.66. The van der Waals surface area contributed by atoms with Gasteiger partial charge in [-0.15, -0.1) is 0 Å². The molecule has 2 nitrogen and oxygen atoms in total. The molecule has 0 atom stereocenters. The zero-order valence-electron chi connectivity index (χ0n) is 26.0. The highest BCUT2D eigenvalue weighted by molar-refractivity contribution is 5.70. The summed E-state index contributed by atoms with van der Waals surface area (Å²) in [5.74, 6) is 0.216. The standard InChI is InChI=1S/C43H40N2/c1-33-29-39(41(35-19-9-3-10-20-35)36-21-11-4-12-22-36)43(45-28-27-44(32-45)31-34-17-7-2-8-18-34)40(30-33)42(37-23-13-5-14-24-37)38-25-15-6-16-26-38/h2-26,29-30,41-42H,27-28,31-32H2,1H3. The van der Waals surface area contributed by atoms with Gasteiger partial charge in [-0.25, -0.2) is 0 Å². The third-order valence-corrected chi connectivity index (χ3v) is 9.09. The van der Waals surface area contributed by atoms with Crippen LogP contribution in [0.4, 0.5) is 5.69 Å². The molecule has 0 radical (unpaired) electrons. The molecular formula is C43H40N2. The van der Waals surface area contributed by atoms with Gasteiger partial charge in [0.15, 0.2) is 0 Å². The Morgan fingerprint density at radius 2 is 0.867 bits per heavy atom. The van der Waals surface area contributed by atoms with E-state index in [1.807, 2.05) is 0 Å². The number of rotatable bonds is 9. The van der Waals surface area contributed by atoms with Crippen LogP contribution in [0.15, 0.2) is 164 Å². The molecule has 6 aromatic rings. The highest BCUT2D eigenvalue weighted by Gasteiger charge is 2.32. The zero-order chi connectivity index (χ0) is 30.4. The summed E-state index contributed by atoms with van der Waals surface area (Å²) in [6, 6.07) is 60.0. The fourth-order valence-corrected chi connectivity index (χ4v) is 7.12. The summed E-state index contributed by atoms with van der Waals surface area (Å²) in [4.78, 5) is 5.24. The normalized spacial score (nSPS) is 13.5. The second kappa shape index (κ2) is 13.4. The van der Waals surface area contributed by atoms with Gasteiger partial charge in [0.05, 0.1) is 6.67 Å². The molecule has 0 aliphatic carbocycles. The van der Waals surface area contributed by atoms with Crippen LogP contribution in [0.1, 0.15) is 56.3 Å². The molecule has 45 heavy (non-hydrogen) atoms. The topological polar surface area (TPSA) is 6.48 Å². The Morgan fingerprint density at radius 3 is 1.27 bits per heavy atom. The number of benzene rings is 6. The van der Waals surface area contributed by atoms with Gasteiger partial charge in [0.2, 0.25) is 0 Å². The predicted octanol–water partition coefficient (Wildman–Crippen LogP) is 9.64. The van der Waals surface area contributed by atoms with E-state index in [-0.39, 0.29) is 11.8 Å². The average Bonchev–Trinajstić information content (AvgIpc) is 3.55. The Hall–Kier alpha value is -4.92. The molecule has 0 bridgehead atoms. The minimum Gasteiger partial charge on any atom is -0.357 e. The van der Waals surface area contributed by atoms with E-state index >= 15 is 0 Å². The Morgan fingerprint density at radius 1 is 0.489 bits per heavy atom. The maximum Gasteiger partial charge on any atom is 0.0711 e. The van der Waals surface area contributed by atoms with Gasteiger partial charge in [0.1, 0.15) is 0 Å². The summed E-state index contributed by atoms with van der Waals surface area (Å²) < 4.78 is 0. The van der Waals surface area contributed by atoms with E-state index in [0.29, 0.717) is 0 Å². The quantitative estimate of drug-likeness (QED) is 0.156. The molecule has 2 heteroatoms. The van der Waals surface area contributed by atoms with Gasteiger partial charge in [-0.3, -0.25) is 4.90 Å². The smallest absolute Gasteiger partial charge is 0.0711 e. The van der Waals surface area contributed by atoms with Gasteiger partial charge in [-0.1, -0.05) is 169 Å². The van der Waals surface area contributed by atoms with Crippen LogP contribution < -0.4 is 4.90 Å². The summed E-state index contributed by atoms with van der Waals surface area (Å²) in [6.07, 6.45) is 0. The van der Waals surface area contributed by atoms with E-state index in [2.05, 4.69) is 181 Å². The number of anilines is 1. The first kappa shape index (κ1) is 28.8. The zero-order valence-corrected chi connectivity index (χ0v) is 26.0. The van der Waals surface area contributed by atoms with Gasteiger partial charge in [-0.2, -0.15) is 0 Å². The van der Waals surface area contributed by atoms with E-state index in [1.165, 1.54) is 50.2 Å². The largest absolute Gasteiger partial charge is 0.357 e. The van der Waals surface area contributed by atoms with Crippen molar-refractivity contribution in [2.75, 3.05) is 24.7 Å². The van der Waals surface area contributed by atoms with E-state index in [9.17, 15) is 0 Å². The van der Waals surface area contributed by atoms with Crippen LogP contribution in [-0.4, -0.2) is 24.7 Å². The minimum absolute atomic E-state index is 0.108. The van der Waals surface area contributed by atoms with E-state index < -0.39 is 0 Å². The van der Waals surface area contributed by atoms with E-state index in [0.717, 1.165) is 26.3 Å². The van der Waals surface area contributed by atoms with Crippen LogP contribution >= 0.6 is 0 Å².